The van der Waals surface area contributed by atoms with Gasteiger partial charge in [-0.3, -0.25) is 0 Å². The Morgan fingerprint density at radius 2 is 1.88 bits per heavy atom. The van der Waals surface area contributed by atoms with E-state index in [-0.39, 0.29) is 0 Å². The first-order valence-corrected chi connectivity index (χ1v) is 9.37. The summed E-state index contributed by atoms with van der Waals surface area (Å²) in [5, 5.41) is 13.2. The molecular weight excluding hydrogens is 342 g/mol. The van der Waals surface area contributed by atoms with Crippen molar-refractivity contribution < 1.29 is 4.73 Å². The lowest BCUT2D eigenvalue weighted by Gasteiger charge is -2.25. The van der Waals surface area contributed by atoms with Crippen LogP contribution in [0.15, 0.2) is 30.3 Å². The van der Waals surface area contributed by atoms with Crippen LogP contribution in [0.4, 0.5) is 5.82 Å². The number of thiophene rings is 1. The minimum absolute atomic E-state index is 0.503. The molecule has 1 fully saturated rings. The third-order valence-corrected chi connectivity index (χ3v) is 5.90. The number of fused-ring (bicyclic) bond motifs is 1. The fourth-order valence-electron chi connectivity index (χ4n) is 3.19. The number of aromatic nitrogens is 2. The van der Waals surface area contributed by atoms with Crippen LogP contribution in [0.5, 0.6) is 0 Å². The molecule has 0 spiro atoms. The largest absolute Gasteiger partial charge is 0.710 e. The van der Waals surface area contributed by atoms with Gasteiger partial charge in [0.05, 0.1) is 0 Å². The average Bonchev–Trinajstić information content (AvgIpc) is 3.05. The molecule has 0 amide bonds. The van der Waals surface area contributed by atoms with E-state index in [1.165, 1.54) is 19.3 Å². The van der Waals surface area contributed by atoms with Crippen LogP contribution in [0, 0.1) is 12.1 Å². The van der Waals surface area contributed by atoms with Gasteiger partial charge in [0.15, 0.2) is 5.52 Å². The van der Waals surface area contributed by atoms with Gasteiger partial charge in [0, 0.05) is 36.0 Å². The maximum absolute atomic E-state index is 12.5. The fraction of sp³-hybridized carbons (Fsp3) is 0.333. The minimum atomic E-state index is 0.503. The summed E-state index contributed by atoms with van der Waals surface area (Å²) in [5.41, 5.74) is 1.78. The van der Waals surface area contributed by atoms with Gasteiger partial charge < -0.3 is 10.1 Å². The van der Waals surface area contributed by atoms with Crippen molar-refractivity contribution in [3.63, 3.8) is 0 Å². The summed E-state index contributed by atoms with van der Waals surface area (Å²) in [5.74, 6) is 1.46. The molecule has 0 saturated carbocycles. The van der Waals surface area contributed by atoms with Crippen molar-refractivity contribution in [2.75, 3.05) is 18.0 Å². The fourth-order valence-corrected chi connectivity index (χ4v) is 4.48. The number of benzene rings is 1. The maximum Gasteiger partial charge on any atom is 0.301 e. The van der Waals surface area contributed by atoms with Crippen molar-refractivity contribution >= 4 is 39.0 Å². The Morgan fingerprint density at radius 1 is 1.17 bits per heavy atom. The maximum atomic E-state index is 12.5. The Bertz CT molecular complexity index is 885. The number of hydrogen-bond acceptors (Lipinski definition) is 4. The summed E-state index contributed by atoms with van der Waals surface area (Å²) >= 11 is 7.61. The van der Waals surface area contributed by atoms with Crippen molar-refractivity contribution in [2.24, 2.45) is 0 Å². The molecule has 3 aromatic rings. The summed E-state index contributed by atoms with van der Waals surface area (Å²) < 4.78 is 1.92. The van der Waals surface area contributed by atoms with E-state index in [1.807, 2.05) is 30.3 Å². The molecule has 0 bridgehead atoms. The summed E-state index contributed by atoms with van der Waals surface area (Å²) in [6, 6.07) is 9.70. The van der Waals surface area contributed by atoms with E-state index in [9.17, 15) is 5.21 Å². The second-order valence-corrected chi connectivity index (χ2v) is 7.65. The standard InChI is InChI=1S/C18H18ClN3OS/c1-12-20-18(21-9-3-2-4-10-21)17-15(22(12)23)11-16(24-17)13-5-7-14(19)8-6-13/h5-8,11H,2-4,9-10H2,1H3. The zero-order valence-corrected chi connectivity index (χ0v) is 15.0. The lowest BCUT2D eigenvalue weighted by molar-refractivity contribution is -0.587. The van der Waals surface area contributed by atoms with Gasteiger partial charge >= 0.3 is 5.82 Å². The molecule has 3 heterocycles. The summed E-state index contributed by atoms with van der Waals surface area (Å²) in [4.78, 5) is 8.00. The van der Waals surface area contributed by atoms with Crippen molar-refractivity contribution in [1.29, 1.82) is 0 Å². The molecule has 0 N–H and O–H groups in total. The first-order valence-electron chi connectivity index (χ1n) is 8.18. The smallest absolute Gasteiger partial charge is 0.301 e. The van der Waals surface area contributed by atoms with E-state index >= 15 is 0 Å². The Labute approximate surface area is 149 Å². The van der Waals surface area contributed by atoms with Crippen LogP contribution >= 0.6 is 22.9 Å². The molecule has 0 unspecified atom stereocenters. The number of halogens is 1. The molecule has 1 aliphatic rings. The topological polar surface area (TPSA) is 43.1 Å². The Hall–Kier alpha value is -1.85. The molecule has 0 radical (unpaired) electrons. The molecule has 0 atom stereocenters. The predicted octanol–water partition coefficient (Wildman–Crippen LogP) is 4.55. The Balaban J connectivity index is 1.87. The first kappa shape index (κ1) is 15.7. The molecule has 4 nitrogen and oxygen atoms in total. The van der Waals surface area contributed by atoms with Crippen molar-refractivity contribution in [3.8, 4) is 10.4 Å². The second-order valence-electron chi connectivity index (χ2n) is 6.16. The number of piperidine rings is 1. The van der Waals surface area contributed by atoms with Gasteiger partial charge in [0.25, 0.3) is 5.82 Å². The molecule has 0 aliphatic carbocycles. The second kappa shape index (κ2) is 6.22. The molecule has 4 rings (SSSR count). The average molecular weight is 360 g/mol. The highest BCUT2D eigenvalue weighted by Crippen LogP contribution is 2.37. The first-order chi connectivity index (χ1) is 11.6. The van der Waals surface area contributed by atoms with E-state index in [4.69, 9.17) is 11.6 Å². The molecule has 24 heavy (non-hydrogen) atoms. The molecule has 124 valence electrons. The van der Waals surface area contributed by atoms with Crippen molar-refractivity contribution in [1.82, 2.24) is 4.98 Å². The quantitative estimate of drug-likeness (QED) is 0.498. The SMILES string of the molecule is Cc1nc(N2CCCCC2)c2sc(-c3ccc(Cl)cc3)cc2[n+]1[O-]. The predicted molar refractivity (Wildman–Crippen MR) is 99.8 cm³/mol. The molecular formula is C18H18ClN3OS. The van der Waals surface area contributed by atoms with E-state index in [1.54, 1.807) is 18.3 Å². The molecule has 1 aromatic carbocycles. The van der Waals surface area contributed by atoms with Crippen LogP contribution in [-0.4, -0.2) is 18.1 Å². The van der Waals surface area contributed by atoms with Gasteiger partial charge in [-0.1, -0.05) is 23.7 Å². The van der Waals surface area contributed by atoms with Crippen LogP contribution < -0.4 is 9.63 Å². The number of aryl methyl sites for hydroxylation is 1. The zero-order valence-electron chi connectivity index (χ0n) is 13.5. The van der Waals surface area contributed by atoms with Crippen molar-refractivity contribution in [2.45, 2.75) is 26.2 Å². The monoisotopic (exact) mass is 359 g/mol. The highest BCUT2D eigenvalue weighted by atomic mass is 35.5. The number of anilines is 1. The van der Waals surface area contributed by atoms with E-state index in [0.29, 0.717) is 16.4 Å². The summed E-state index contributed by atoms with van der Waals surface area (Å²) in [6.45, 7) is 3.80. The Kier molecular flexibility index (Phi) is 4.06. The van der Waals surface area contributed by atoms with Crippen LogP contribution in [0.3, 0.4) is 0 Å². The molecule has 6 heteroatoms. The normalized spacial score (nSPS) is 15.2. The van der Waals surface area contributed by atoms with Crippen LogP contribution in [-0.2, 0) is 0 Å². The van der Waals surface area contributed by atoms with Gasteiger partial charge in [-0.05, 0) is 41.9 Å². The van der Waals surface area contributed by atoms with Gasteiger partial charge in [-0.15, -0.1) is 11.3 Å². The van der Waals surface area contributed by atoms with Gasteiger partial charge in [0.1, 0.15) is 4.70 Å². The van der Waals surface area contributed by atoms with Gasteiger partial charge in [-0.2, -0.15) is 0 Å². The van der Waals surface area contributed by atoms with Gasteiger partial charge in [0.2, 0.25) is 0 Å². The third kappa shape index (κ3) is 2.72. The highest BCUT2D eigenvalue weighted by Gasteiger charge is 2.25. The lowest BCUT2D eigenvalue weighted by Crippen LogP contribution is -2.36. The third-order valence-electron chi connectivity index (χ3n) is 4.48. The summed E-state index contributed by atoms with van der Waals surface area (Å²) in [6.07, 6.45) is 3.64. The zero-order chi connectivity index (χ0) is 16.7. The van der Waals surface area contributed by atoms with Crippen LogP contribution in [0.1, 0.15) is 25.1 Å². The molecule has 2 aromatic heterocycles. The van der Waals surface area contributed by atoms with E-state index < -0.39 is 0 Å². The number of rotatable bonds is 2. The van der Waals surface area contributed by atoms with Crippen LogP contribution in [0.2, 0.25) is 5.02 Å². The molecule has 1 saturated heterocycles. The molecule has 1 aliphatic heterocycles. The van der Waals surface area contributed by atoms with Gasteiger partial charge in [-0.25, -0.2) is 4.73 Å². The number of hydrogen-bond donors (Lipinski definition) is 0. The van der Waals surface area contributed by atoms with Crippen molar-refractivity contribution in [3.05, 3.63) is 46.4 Å². The number of nitrogens with zero attached hydrogens (tertiary/aromatic N) is 3. The Morgan fingerprint density at radius 3 is 2.58 bits per heavy atom. The minimum Gasteiger partial charge on any atom is -0.710 e. The van der Waals surface area contributed by atoms with Crippen LogP contribution in [0.25, 0.3) is 20.7 Å². The van der Waals surface area contributed by atoms with E-state index in [0.717, 1.165) is 38.8 Å². The summed E-state index contributed by atoms with van der Waals surface area (Å²) in [7, 11) is 0. The van der Waals surface area contributed by atoms with E-state index in [2.05, 4.69) is 9.88 Å². The lowest BCUT2D eigenvalue weighted by atomic mass is 10.1. The highest BCUT2D eigenvalue weighted by molar-refractivity contribution is 7.22.